The molecule has 1 aliphatic heterocycles. The molecule has 0 bridgehead atoms. The first-order valence-corrected chi connectivity index (χ1v) is 27.0. The van der Waals surface area contributed by atoms with Crippen molar-refractivity contribution in [1.29, 1.82) is 0 Å². The minimum absolute atomic E-state index is 0.0109. The van der Waals surface area contributed by atoms with Crippen molar-refractivity contribution in [3.05, 3.63) is 124 Å². The number of nitrogens with one attached hydrogen (secondary N) is 1. The van der Waals surface area contributed by atoms with Gasteiger partial charge >= 0.3 is 6.09 Å². The second kappa shape index (κ2) is 27.6. The molecular weight excluding hydrogens is 932 g/mol. The number of amides is 2. The standard InChI is InChI=1S/C58H77FN4O10/c1-3-5-6-7-8-9-10-11-12-15-32-60-57(67)72-47-30-31-52-50(37-47)54-48(19-14-17-34-65)44(18-13-16-33-64)36-49-51(61-71-40-42-22-28-46(29-23-42)63(68)69)38-53(58(73-52,55(49)54)70-35-4-2)62(56(66)43-24-25-43)39-41-20-26-45(59)27-21-41/h4,20-23,26-31,36-37,43-44,48,53-55,64-65H,2-3,5-19,24-25,32-35,38-40H2,1H3,(H,60,67)/t44-,48+,53-,54+,55+,58+/m0/s1. The Bertz CT molecular complexity index is 2340. The number of allylic oxidation sites excluding steroid dienone is 1. The van der Waals surface area contributed by atoms with Crippen LogP contribution < -0.4 is 14.8 Å². The van der Waals surface area contributed by atoms with Crippen LogP contribution in [0.5, 0.6) is 11.5 Å². The highest BCUT2D eigenvalue weighted by atomic mass is 19.1. The molecule has 3 N–H and O–H groups in total. The normalized spacial score (nSPS) is 22.3. The van der Waals surface area contributed by atoms with E-state index in [1.807, 2.05) is 17.0 Å². The van der Waals surface area contributed by atoms with Crippen molar-refractivity contribution in [3.63, 3.8) is 0 Å². The molecule has 0 unspecified atom stereocenters. The maximum absolute atomic E-state index is 14.9. The van der Waals surface area contributed by atoms with Crippen molar-refractivity contribution < 1.29 is 48.2 Å². The van der Waals surface area contributed by atoms with Gasteiger partial charge in [0.05, 0.1) is 23.2 Å². The van der Waals surface area contributed by atoms with Crippen molar-refractivity contribution in [2.24, 2.45) is 28.8 Å². The Balaban J connectivity index is 1.28. The molecule has 73 heavy (non-hydrogen) atoms. The zero-order valence-electron chi connectivity index (χ0n) is 42.7. The topological polar surface area (TPSA) is 182 Å². The molecule has 396 valence electrons. The van der Waals surface area contributed by atoms with Crippen LogP contribution in [-0.2, 0) is 27.5 Å². The molecule has 3 aromatic carbocycles. The van der Waals surface area contributed by atoms with E-state index in [-0.39, 0.29) is 74.7 Å². The van der Waals surface area contributed by atoms with Gasteiger partial charge < -0.3 is 39.5 Å². The lowest BCUT2D eigenvalue weighted by Crippen LogP contribution is -2.70. The van der Waals surface area contributed by atoms with Gasteiger partial charge in [0, 0.05) is 62.3 Å². The van der Waals surface area contributed by atoms with E-state index in [0.717, 1.165) is 68.1 Å². The Morgan fingerprint density at radius 3 is 2.23 bits per heavy atom. The number of oxime groups is 1. The third-order valence-electron chi connectivity index (χ3n) is 15.1. The summed E-state index contributed by atoms with van der Waals surface area (Å²) in [6, 6.07) is 16.9. The molecule has 4 aliphatic rings. The SMILES string of the molecule is C=CCO[C@@]12Oc3ccc(OC(=O)NCCCCCCCCCCCC)cc3[C@H]3[C@H](CCCCO)[C@@H](CCCCO)C=C(C(=NOCc4ccc([N+](=O)[O-])cc4)C[C@@H]1N(Cc1ccc(F)cc1)C(=O)C1CC1)[C@H]32. The Kier molecular flexibility index (Phi) is 20.8. The number of nitro groups is 1. The van der Waals surface area contributed by atoms with E-state index >= 15 is 0 Å². The van der Waals surface area contributed by atoms with Gasteiger partial charge in [-0.2, -0.15) is 0 Å². The zero-order valence-corrected chi connectivity index (χ0v) is 42.7. The molecule has 0 aromatic heterocycles. The van der Waals surface area contributed by atoms with Crippen LogP contribution in [0.15, 0.2) is 96.2 Å². The summed E-state index contributed by atoms with van der Waals surface area (Å²) >= 11 is 0. The van der Waals surface area contributed by atoms with Crippen molar-refractivity contribution in [2.75, 3.05) is 26.4 Å². The first-order valence-electron chi connectivity index (χ1n) is 27.0. The van der Waals surface area contributed by atoms with Crippen LogP contribution in [0, 0.1) is 39.6 Å². The number of aliphatic hydroxyl groups is 2. The van der Waals surface area contributed by atoms with Gasteiger partial charge in [0.15, 0.2) is 0 Å². The maximum atomic E-state index is 14.9. The van der Waals surface area contributed by atoms with E-state index < -0.39 is 34.6 Å². The Morgan fingerprint density at radius 1 is 0.904 bits per heavy atom. The van der Waals surface area contributed by atoms with Crippen LogP contribution in [0.1, 0.15) is 152 Å². The summed E-state index contributed by atoms with van der Waals surface area (Å²) < 4.78 is 34.9. The predicted octanol–water partition coefficient (Wildman–Crippen LogP) is 12.0. The van der Waals surface area contributed by atoms with E-state index in [9.17, 15) is 34.3 Å². The molecule has 3 aromatic rings. The van der Waals surface area contributed by atoms with Gasteiger partial charge in [0.2, 0.25) is 11.7 Å². The third-order valence-corrected chi connectivity index (χ3v) is 15.1. The number of aliphatic hydroxyl groups excluding tert-OH is 2. The molecule has 1 heterocycles. The molecule has 2 fully saturated rings. The number of nitrogens with zero attached hydrogens (tertiary/aromatic N) is 3. The van der Waals surface area contributed by atoms with Crippen LogP contribution in [-0.4, -0.2) is 75.9 Å². The highest BCUT2D eigenvalue weighted by Gasteiger charge is 2.66. The van der Waals surface area contributed by atoms with Gasteiger partial charge in [0.25, 0.3) is 5.69 Å². The van der Waals surface area contributed by atoms with Crippen LogP contribution in [0.25, 0.3) is 0 Å². The number of fused-ring (bicyclic) bond motifs is 2. The molecule has 0 saturated heterocycles. The Hall–Kier alpha value is -5.64. The molecule has 15 heteroatoms. The Morgan fingerprint density at radius 2 is 1.58 bits per heavy atom. The second-order valence-corrected chi connectivity index (χ2v) is 20.3. The minimum atomic E-state index is -1.53. The summed E-state index contributed by atoms with van der Waals surface area (Å²) in [5, 5.41) is 39.3. The summed E-state index contributed by atoms with van der Waals surface area (Å²) in [7, 11) is 0. The first-order chi connectivity index (χ1) is 35.6. The van der Waals surface area contributed by atoms with E-state index in [1.165, 1.54) is 69.2 Å². The number of hydrogen-bond acceptors (Lipinski definition) is 11. The van der Waals surface area contributed by atoms with Gasteiger partial charge in [-0.1, -0.05) is 107 Å². The van der Waals surface area contributed by atoms with Gasteiger partial charge in [-0.25, -0.2) is 9.18 Å². The number of non-ortho nitro benzene ring substituents is 1. The van der Waals surface area contributed by atoms with Crippen LogP contribution in [0.3, 0.4) is 0 Å². The van der Waals surface area contributed by atoms with Crippen LogP contribution in [0.4, 0.5) is 14.9 Å². The molecule has 0 radical (unpaired) electrons. The highest BCUT2D eigenvalue weighted by molar-refractivity contribution is 6.03. The number of carbonyl (C=O) groups excluding carboxylic acids is 2. The number of nitro benzene ring substituents is 1. The van der Waals surface area contributed by atoms with E-state index in [2.05, 4.69) is 24.9 Å². The lowest BCUT2D eigenvalue weighted by Gasteiger charge is -2.60. The predicted molar refractivity (Wildman–Crippen MR) is 278 cm³/mol. The maximum Gasteiger partial charge on any atom is 0.412 e. The van der Waals surface area contributed by atoms with E-state index in [0.29, 0.717) is 48.6 Å². The molecule has 3 aliphatic carbocycles. The third kappa shape index (κ3) is 14.6. The van der Waals surface area contributed by atoms with Crippen molar-refractivity contribution >= 4 is 23.4 Å². The number of halogens is 1. The molecule has 2 saturated carbocycles. The van der Waals surface area contributed by atoms with Gasteiger partial charge in [-0.15, -0.1) is 6.58 Å². The van der Waals surface area contributed by atoms with Crippen molar-refractivity contribution in [1.82, 2.24) is 10.2 Å². The lowest BCUT2D eigenvalue weighted by molar-refractivity contribution is -0.384. The van der Waals surface area contributed by atoms with Gasteiger partial charge in [0.1, 0.15) is 30.0 Å². The number of hydrogen-bond donors (Lipinski definition) is 3. The summed E-state index contributed by atoms with van der Waals surface area (Å²) in [5.74, 6) is -2.45. The fourth-order valence-corrected chi connectivity index (χ4v) is 11.2. The summed E-state index contributed by atoms with van der Waals surface area (Å²) in [6.45, 7) is 7.06. The second-order valence-electron chi connectivity index (χ2n) is 20.3. The summed E-state index contributed by atoms with van der Waals surface area (Å²) in [4.78, 5) is 47.3. The average molecular weight is 1010 g/mol. The molecule has 7 rings (SSSR count). The smallest absolute Gasteiger partial charge is 0.412 e. The Labute approximate surface area is 430 Å². The zero-order chi connectivity index (χ0) is 51.6. The first kappa shape index (κ1) is 55.1. The monoisotopic (exact) mass is 1010 g/mol. The summed E-state index contributed by atoms with van der Waals surface area (Å²) in [5.41, 5.74) is 3.56. The average Bonchev–Trinajstić information content (AvgIpc) is 4.25. The van der Waals surface area contributed by atoms with E-state index in [4.69, 9.17) is 24.2 Å². The fraction of sp³-hybridized carbons (Fsp3) is 0.569. The number of carbonyl (C=O) groups is 2. The van der Waals surface area contributed by atoms with Crippen molar-refractivity contribution in [3.8, 4) is 11.5 Å². The lowest BCUT2D eigenvalue weighted by atomic mass is 9.55. The van der Waals surface area contributed by atoms with Crippen LogP contribution >= 0.6 is 0 Å². The number of unbranched alkanes of at least 4 members (excludes halogenated alkanes) is 11. The number of benzene rings is 3. The van der Waals surface area contributed by atoms with Gasteiger partial charge in [-0.3, -0.25) is 14.9 Å². The molecular formula is C58H77FN4O10. The largest absolute Gasteiger partial charge is 0.459 e. The molecule has 14 nitrogen and oxygen atoms in total. The van der Waals surface area contributed by atoms with Crippen molar-refractivity contribution in [2.45, 2.75) is 160 Å². The molecule has 6 atom stereocenters. The molecule has 2 amide bonds. The van der Waals surface area contributed by atoms with E-state index in [1.54, 1.807) is 36.4 Å². The highest BCUT2D eigenvalue weighted by Crippen LogP contribution is 2.62. The molecule has 0 spiro atoms. The minimum Gasteiger partial charge on any atom is -0.459 e. The fourth-order valence-electron chi connectivity index (χ4n) is 11.2. The summed E-state index contributed by atoms with van der Waals surface area (Å²) in [6.07, 6.45) is 21.0. The van der Waals surface area contributed by atoms with Gasteiger partial charge in [-0.05, 0) is 116 Å². The number of rotatable bonds is 31. The quantitative estimate of drug-likeness (QED) is 0.0243. The number of ether oxygens (including phenoxy) is 3. The van der Waals surface area contributed by atoms with Crippen LogP contribution in [0.2, 0.25) is 0 Å².